The molecule has 1 aromatic rings. The van der Waals surface area contributed by atoms with Crippen LogP contribution in [0.25, 0.3) is 0 Å². The summed E-state index contributed by atoms with van der Waals surface area (Å²) in [6, 6.07) is -0.135. The summed E-state index contributed by atoms with van der Waals surface area (Å²) < 4.78 is 0. The average Bonchev–Trinajstić information content (AvgIpc) is 3.06. The third kappa shape index (κ3) is 3.93. The highest BCUT2D eigenvalue weighted by Gasteiger charge is 2.19. The van der Waals surface area contributed by atoms with Crippen LogP contribution in [-0.4, -0.2) is 40.6 Å². The van der Waals surface area contributed by atoms with E-state index >= 15 is 0 Å². The second-order valence-electron chi connectivity index (χ2n) is 5.12. The highest BCUT2D eigenvalue weighted by atomic mass is 32.1. The minimum absolute atomic E-state index is 0.0264. The van der Waals surface area contributed by atoms with E-state index in [0.717, 1.165) is 6.54 Å². The van der Waals surface area contributed by atoms with Gasteiger partial charge in [-0.05, 0) is 18.8 Å². The Labute approximate surface area is 121 Å². The number of thiazole rings is 1. The van der Waals surface area contributed by atoms with Crippen molar-refractivity contribution in [3.63, 3.8) is 0 Å². The van der Waals surface area contributed by atoms with E-state index in [2.05, 4.69) is 10.3 Å². The van der Waals surface area contributed by atoms with Crippen molar-refractivity contribution in [3.05, 3.63) is 16.1 Å². The van der Waals surface area contributed by atoms with Crippen LogP contribution in [0.1, 0.15) is 41.2 Å². The van der Waals surface area contributed by atoms with Gasteiger partial charge in [0.05, 0.1) is 6.54 Å². The molecule has 0 aliphatic heterocycles. The molecule has 1 saturated carbocycles. The van der Waals surface area contributed by atoms with Crippen molar-refractivity contribution < 1.29 is 14.7 Å². The van der Waals surface area contributed by atoms with E-state index in [1.165, 1.54) is 42.4 Å². The lowest BCUT2D eigenvalue weighted by Crippen LogP contribution is -2.39. The number of rotatable bonds is 5. The standard InChI is InChI=1S/C13H19N3O3S/c1-16(7-9-4-2-3-5-9)13(19)14-6-11-15-10(8-20-11)12(17)18/h8-9H,2-7H2,1H3,(H,14,19)(H,17,18). The summed E-state index contributed by atoms with van der Waals surface area (Å²) in [5.74, 6) is -0.429. The third-order valence-corrected chi connectivity index (χ3v) is 4.36. The Morgan fingerprint density at radius 3 is 2.80 bits per heavy atom. The summed E-state index contributed by atoms with van der Waals surface area (Å²) in [5.41, 5.74) is 0.0264. The first-order valence-corrected chi connectivity index (χ1v) is 7.61. The zero-order valence-electron chi connectivity index (χ0n) is 11.5. The zero-order valence-corrected chi connectivity index (χ0v) is 12.3. The predicted molar refractivity (Wildman–Crippen MR) is 75.9 cm³/mol. The smallest absolute Gasteiger partial charge is 0.355 e. The van der Waals surface area contributed by atoms with Crippen LogP contribution in [0.3, 0.4) is 0 Å². The summed E-state index contributed by atoms with van der Waals surface area (Å²) >= 11 is 1.24. The molecule has 1 heterocycles. The van der Waals surface area contributed by atoms with Gasteiger partial charge in [-0.3, -0.25) is 0 Å². The van der Waals surface area contributed by atoms with E-state index in [-0.39, 0.29) is 18.3 Å². The fourth-order valence-corrected chi connectivity index (χ4v) is 3.15. The molecule has 2 rings (SSSR count). The van der Waals surface area contributed by atoms with Crippen molar-refractivity contribution >= 4 is 23.3 Å². The van der Waals surface area contributed by atoms with Crippen LogP contribution < -0.4 is 5.32 Å². The van der Waals surface area contributed by atoms with Crippen molar-refractivity contribution in [1.82, 2.24) is 15.2 Å². The Bertz CT molecular complexity index is 483. The Morgan fingerprint density at radius 2 is 2.20 bits per heavy atom. The summed E-state index contributed by atoms with van der Waals surface area (Å²) in [6.45, 7) is 1.05. The summed E-state index contributed by atoms with van der Waals surface area (Å²) in [6.07, 6.45) is 4.92. The number of carboxylic acid groups (broad SMARTS) is 1. The normalized spacial score (nSPS) is 15.2. The second kappa shape index (κ2) is 6.69. The maximum absolute atomic E-state index is 11.9. The van der Waals surface area contributed by atoms with Gasteiger partial charge in [0.1, 0.15) is 5.01 Å². The van der Waals surface area contributed by atoms with Crippen LogP contribution in [0.2, 0.25) is 0 Å². The minimum Gasteiger partial charge on any atom is -0.476 e. The van der Waals surface area contributed by atoms with Crippen LogP contribution in [0.4, 0.5) is 4.79 Å². The maximum atomic E-state index is 11.9. The van der Waals surface area contributed by atoms with Crippen LogP contribution in [0.5, 0.6) is 0 Å². The Hall–Kier alpha value is -1.63. The molecule has 1 aromatic heterocycles. The van der Waals surface area contributed by atoms with E-state index in [1.54, 1.807) is 11.9 Å². The molecule has 110 valence electrons. The van der Waals surface area contributed by atoms with E-state index in [1.807, 2.05) is 0 Å². The van der Waals surface area contributed by atoms with Crippen LogP contribution in [0, 0.1) is 5.92 Å². The highest BCUT2D eigenvalue weighted by Crippen LogP contribution is 2.25. The first-order chi connectivity index (χ1) is 9.56. The first kappa shape index (κ1) is 14.8. The van der Waals surface area contributed by atoms with Crippen LogP contribution >= 0.6 is 11.3 Å². The number of carbonyl (C=O) groups is 2. The lowest BCUT2D eigenvalue weighted by atomic mass is 10.1. The van der Waals surface area contributed by atoms with Gasteiger partial charge >= 0.3 is 12.0 Å². The lowest BCUT2D eigenvalue weighted by Gasteiger charge is -2.21. The molecule has 7 heteroatoms. The van der Waals surface area contributed by atoms with Crippen LogP contribution in [0.15, 0.2) is 5.38 Å². The quantitative estimate of drug-likeness (QED) is 0.872. The topological polar surface area (TPSA) is 82.5 Å². The molecule has 0 unspecified atom stereocenters. The van der Waals surface area contributed by atoms with Gasteiger partial charge in [-0.15, -0.1) is 11.3 Å². The number of carboxylic acids is 1. The molecule has 0 bridgehead atoms. The molecule has 6 nitrogen and oxygen atoms in total. The number of hydrogen-bond donors (Lipinski definition) is 2. The van der Waals surface area contributed by atoms with Crippen LogP contribution in [-0.2, 0) is 6.54 Å². The zero-order chi connectivity index (χ0) is 14.5. The van der Waals surface area contributed by atoms with Crippen molar-refractivity contribution in [2.24, 2.45) is 5.92 Å². The Morgan fingerprint density at radius 1 is 1.50 bits per heavy atom. The maximum Gasteiger partial charge on any atom is 0.355 e. The molecule has 0 atom stereocenters. The molecule has 2 N–H and O–H groups in total. The number of carbonyl (C=O) groups excluding carboxylic acids is 1. The number of aromatic carboxylic acids is 1. The van der Waals surface area contributed by atoms with Crippen molar-refractivity contribution in [3.8, 4) is 0 Å². The molecule has 1 aliphatic carbocycles. The fraction of sp³-hybridized carbons (Fsp3) is 0.615. The van der Waals surface area contributed by atoms with Crippen molar-refractivity contribution in [2.45, 2.75) is 32.2 Å². The van der Waals surface area contributed by atoms with Gasteiger partial charge in [0, 0.05) is 19.0 Å². The van der Waals surface area contributed by atoms with Gasteiger partial charge in [0.25, 0.3) is 0 Å². The van der Waals surface area contributed by atoms with Gasteiger partial charge in [-0.25, -0.2) is 14.6 Å². The average molecular weight is 297 g/mol. The van der Waals surface area contributed by atoms with Gasteiger partial charge in [-0.2, -0.15) is 0 Å². The van der Waals surface area contributed by atoms with Crippen molar-refractivity contribution in [2.75, 3.05) is 13.6 Å². The minimum atomic E-state index is -1.04. The molecule has 0 spiro atoms. The molecule has 0 aromatic carbocycles. The Kier molecular flexibility index (Phi) is 4.94. The Balaban J connectivity index is 1.76. The van der Waals surface area contributed by atoms with Gasteiger partial charge in [-0.1, -0.05) is 12.8 Å². The van der Waals surface area contributed by atoms with E-state index in [4.69, 9.17) is 5.11 Å². The largest absolute Gasteiger partial charge is 0.476 e. The number of hydrogen-bond acceptors (Lipinski definition) is 4. The number of nitrogens with zero attached hydrogens (tertiary/aromatic N) is 2. The summed E-state index contributed by atoms with van der Waals surface area (Å²) in [4.78, 5) is 28.2. The van der Waals surface area contributed by atoms with E-state index in [9.17, 15) is 9.59 Å². The first-order valence-electron chi connectivity index (χ1n) is 6.73. The fourth-order valence-electron chi connectivity index (χ4n) is 2.44. The van der Waals surface area contributed by atoms with Gasteiger partial charge in [0.15, 0.2) is 5.69 Å². The van der Waals surface area contributed by atoms with Gasteiger partial charge < -0.3 is 15.3 Å². The number of nitrogens with one attached hydrogen (secondary N) is 1. The number of urea groups is 1. The van der Waals surface area contributed by atoms with Crippen molar-refractivity contribution in [1.29, 1.82) is 0 Å². The van der Waals surface area contributed by atoms with E-state index < -0.39 is 5.97 Å². The molecule has 1 aliphatic rings. The summed E-state index contributed by atoms with van der Waals surface area (Å²) in [5, 5.41) is 13.6. The molecule has 0 saturated heterocycles. The lowest BCUT2D eigenvalue weighted by molar-refractivity contribution is 0.0691. The molecular weight excluding hydrogens is 278 g/mol. The summed E-state index contributed by atoms with van der Waals surface area (Å²) in [7, 11) is 1.79. The van der Waals surface area contributed by atoms with Gasteiger partial charge in [0.2, 0.25) is 0 Å². The highest BCUT2D eigenvalue weighted by molar-refractivity contribution is 7.09. The monoisotopic (exact) mass is 297 g/mol. The molecule has 1 fully saturated rings. The van der Waals surface area contributed by atoms with E-state index in [0.29, 0.717) is 10.9 Å². The molecule has 2 amide bonds. The SMILES string of the molecule is CN(CC1CCCC1)C(=O)NCc1nc(C(=O)O)cs1. The molecular formula is C13H19N3O3S. The number of amides is 2. The third-order valence-electron chi connectivity index (χ3n) is 3.52. The second-order valence-corrected chi connectivity index (χ2v) is 6.06. The predicted octanol–water partition coefficient (Wildman–Crippen LogP) is 2.17. The molecule has 20 heavy (non-hydrogen) atoms. The molecule has 0 radical (unpaired) electrons. The number of aromatic nitrogens is 1.